The maximum absolute atomic E-state index is 10.7. The summed E-state index contributed by atoms with van der Waals surface area (Å²) in [6.07, 6.45) is -1.24. The van der Waals surface area contributed by atoms with Crippen molar-refractivity contribution >= 4 is 17.3 Å². The van der Waals surface area contributed by atoms with Crippen molar-refractivity contribution < 1.29 is 10.0 Å². The number of halogens is 1. The van der Waals surface area contributed by atoms with Crippen molar-refractivity contribution in [2.45, 2.75) is 6.10 Å². The van der Waals surface area contributed by atoms with Gasteiger partial charge in [0.2, 0.25) is 0 Å². The molecule has 0 fully saturated rings. The number of para-hydroxylation sites is 1. The molecule has 0 amide bonds. The Hall–Kier alpha value is -1.82. The van der Waals surface area contributed by atoms with Crippen LogP contribution in [-0.2, 0) is 0 Å². The number of hydrogen-bond donors (Lipinski definition) is 1. The molecule has 1 rings (SSSR count). The minimum Gasteiger partial charge on any atom is -0.388 e. The maximum Gasteiger partial charge on any atom is 0.293 e. The monoisotopic (exact) mass is 242 g/mol. The molecule has 0 bridgehead atoms. The average molecular weight is 243 g/mol. The number of nitro groups is 1. The van der Waals surface area contributed by atoms with Crippen molar-refractivity contribution in [2.24, 2.45) is 5.11 Å². The SMILES string of the molecule is [N-]=[N+]=NCC(O)c1cccc(Cl)c1[N+](=O)[O-]. The Labute approximate surface area is 95.0 Å². The summed E-state index contributed by atoms with van der Waals surface area (Å²) in [5.41, 5.74) is 7.74. The molecular formula is C8H7ClN4O3. The minimum absolute atomic E-state index is 0.0323. The third kappa shape index (κ3) is 2.60. The Bertz CT molecular complexity index is 459. The summed E-state index contributed by atoms with van der Waals surface area (Å²) in [6, 6.07) is 4.19. The van der Waals surface area contributed by atoms with Crippen molar-refractivity contribution in [3.8, 4) is 0 Å². The Morgan fingerprint density at radius 2 is 2.38 bits per heavy atom. The first-order chi connectivity index (χ1) is 7.57. The third-order valence-electron chi connectivity index (χ3n) is 1.88. The number of aliphatic hydroxyl groups is 1. The van der Waals surface area contributed by atoms with E-state index in [1.54, 1.807) is 0 Å². The van der Waals surface area contributed by atoms with Gasteiger partial charge in [-0.05, 0) is 17.7 Å². The molecule has 0 heterocycles. The highest BCUT2D eigenvalue weighted by Gasteiger charge is 2.22. The molecule has 84 valence electrons. The molecule has 8 heteroatoms. The number of nitro benzene ring substituents is 1. The first kappa shape index (κ1) is 12.3. The van der Waals surface area contributed by atoms with Gasteiger partial charge < -0.3 is 5.11 Å². The van der Waals surface area contributed by atoms with Gasteiger partial charge in [0.15, 0.2) is 0 Å². The van der Waals surface area contributed by atoms with Crippen molar-refractivity contribution in [1.29, 1.82) is 0 Å². The fourth-order valence-electron chi connectivity index (χ4n) is 1.21. The van der Waals surface area contributed by atoms with Gasteiger partial charge in [-0.15, -0.1) is 0 Å². The van der Waals surface area contributed by atoms with Crippen molar-refractivity contribution in [3.63, 3.8) is 0 Å². The second-order valence-electron chi connectivity index (χ2n) is 2.86. The summed E-state index contributed by atoms with van der Waals surface area (Å²) >= 11 is 5.65. The molecule has 0 aliphatic rings. The Morgan fingerprint density at radius 1 is 1.69 bits per heavy atom. The van der Waals surface area contributed by atoms with E-state index in [-0.39, 0.29) is 22.8 Å². The predicted octanol–water partition coefficient (Wildman–Crippen LogP) is 2.59. The average Bonchev–Trinajstić information content (AvgIpc) is 2.24. The normalized spacial score (nSPS) is 11.6. The smallest absolute Gasteiger partial charge is 0.293 e. The van der Waals surface area contributed by atoms with E-state index < -0.39 is 11.0 Å². The van der Waals surface area contributed by atoms with Crippen LogP contribution in [0.25, 0.3) is 10.4 Å². The van der Waals surface area contributed by atoms with Crippen LogP contribution in [0.2, 0.25) is 5.02 Å². The molecule has 0 spiro atoms. The van der Waals surface area contributed by atoms with E-state index in [1.165, 1.54) is 18.2 Å². The molecule has 0 aliphatic carbocycles. The van der Waals surface area contributed by atoms with Gasteiger partial charge in [-0.2, -0.15) is 0 Å². The molecule has 0 aromatic heterocycles. The van der Waals surface area contributed by atoms with Crippen LogP contribution in [0.5, 0.6) is 0 Å². The van der Waals surface area contributed by atoms with Crippen LogP contribution in [0.15, 0.2) is 23.3 Å². The van der Waals surface area contributed by atoms with Crippen LogP contribution < -0.4 is 0 Å². The topological polar surface area (TPSA) is 112 Å². The van der Waals surface area contributed by atoms with Gasteiger partial charge in [-0.3, -0.25) is 10.1 Å². The summed E-state index contributed by atoms with van der Waals surface area (Å²) in [7, 11) is 0. The minimum atomic E-state index is -1.24. The molecule has 1 unspecified atom stereocenters. The molecule has 1 N–H and O–H groups in total. The summed E-state index contributed by atoms with van der Waals surface area (Å²) in [6.45, 7) is -0.280. The molecule has 16 heavy (non-hydrogen) atoms. The summed E-state index contributed by atoms with van der Waals surface area (Å²) in [5.74, 6) is 0. The lowest BCUT2D eigenvalue weighted by atomic mass is 10.1. The van der Waals surface area contributed by atoms with E-state index in [1.807, 2.05) is 0 Å². The van der Waals surface area contributed by atoms with Gasteiger partial charge in [0.05, 0.1) is 23.1 Å². The van der Waals surface area contributed by atoms with Crippen LogP contribution in [0.3, 0.4) is 0 Å². The molecule has 0 radical (unpaired) electrons. The summed E-state index contributed by atoms with van der Waals surface area (Å²) in [4.78, 5) is 12.5. The van der Waals surface area contributed by atoms with Crippen LogP contribution in [0.1, 0.15) is 11.7 Å². The maximum atomic E-state index is 10.7. The van der Waals surface area contributed by atoms with Gasteiger partial charge in [0, 0.05) is 4.91 Å². The van der Waals surface area contributed by atoms with E-state index in [0.29, 0.717) is 0 Å². The molecule has 1 aromatic rings. The lowest BCUT2D eigenvalue weighted by Crippen LogP contribution is -2.05. The first-order valence-electron chi connectivity index (χ1n) is 4.19. The third-order valence-corrected chi connectivity index (χ3v) is 2.18. The number of hydrogen-bond acceptors (Lipinski definition) is 4. The van der Waals surface area contributed by atoms with Gasteiger partial charge in [0.25, 0.3) is 5.69 Å². The van der Waals surface area contributed by atoms with E-state index in [0.717, 1.165) is 0 Å². The second kappa shape index (κ2) is 5.32. The largest absolute Gasteiger partial charge is 0.388 e. The van der Waals surface area contributed by atoms with Gasteiger partial charge in [-0.25, -0.2) is 0 Å². The summed E-state index contributed by atoms with van der Waals surface area (Å²) in [5, 5.41) is 23.4. The van der Waals surface area contributed by atoms with Gasteiger partial charge in [-0.1, -0.05) is 22.8 Å². The second-order valence-corrected chi connectivity index (χ2v) is 3.27. The highest BCUT2D eigenvalue weighted by molar-refractivity contribution is 6.32. The number of aliphatic hydroxyl groups excluding tert-OH is 1. The lowest BCUT2D eigenvalue weighted by molar-refractivity contribution is -0.386. The summed E-state index contributed by atoms with van der Waals surface area (Å²) < 4.78 is 0. The van der Waals surface area contributed by atoms with Crippen LogP contribution in [0, 0.1) is 10.1 Å². The zero-order valence-corrected chi connectivity index (χ0v) is 8.70. The van der Waals surface area contributed by atoms with Crippen LogP contribution in [-0.4, -0.2) is 16.6 Å². The molecule has 1 aromatic carbocycles. The molecular weight excluding hydrogens is 236 g/mol. The highest BCUT2D eigenvalue weighted by atomic mass is 35.5. The van der Waals surface area contributed by atoms with Crippen molar-refractivity contribution in [2.75, 3.05) is 6.54 Å². The fourth-order valence-corrected chi connectivity index (χ4v) is 1.46. The van der Waals surface area contributed by atoms with E-state index >= 15 is 0 Å². The quantitative estimate of drug-likeness (QED) is 0.288. The van der Waals surface area contributed by atoms with Crippen LogP contribution >= 0.6 is 11.6 Å². The Balaban J connectivity index is 3.16. The van der Waals surface area contributed by atoms with Gasteiger partial charge >= 0.3 is 0 Å². The standard InChI is InChI=1S/C8H7ClN4O3/c9-6-3-1-2-5(8(6)13(15)16)7(14)4-11-12-10/h1-3,7,14H,4H2. The van der Waals surface area contributed by atoms with E-state index in [2.05, 4.69) is 10.0 Å². The molecule has 7 nitrogen and oxygen atoms in total. The van der Waals surface area contributed by atoms with E-state index in [4.69, 9.17) is 17.1 Å². The number of benzene rings is 1. The Kier molecular flexibility index (Phi) is 4.07. The zero-order chi connectivity index (χ0) is 12.1. The molecule has 0 saturated carbocycles. The molecule has 1 atom stereocenters. The predicted molar refractivity (Wildman–Crippen MR) is 57.1 cm³/mol. The Morgan fingerprint density at radius 3 is 2.94 bits per heavy atom. The molecule has 0 saturated heterocycles. The number of nitrogens with zero attached hydrogens (tertiary/aromatic N) is 4. The highest BCUT2D eigenvalue weighted by Crippen LogP contribution is 2.32. The van der Waals surface area contributed by atoms with E-state index in [9.17, 15) is 15.2 Å². The van der Waals surface area contributed by atoms with Crippen molar-refractivity contribution in [1.82, 2.24) is 0 Å². The number of rotatable bonds is 4. The van der Waals surface area contributed by atoms with Crippen molar-refractivity contribution in [3.05, 3.63) is 49.3 Å². The van der Waals surface area contributed by atoms with Gasteiger partial charge in [0.1, 0.15) is 5.02 Å². The zero-order valence-electron chi connectivity index (χ0n) is 7.95. The fraction of sp³-hybridized carbons (Fsp3) is 0.250. The lowest BCUT2D eigenvalue weighted by Gasteiger charge is -2.08. The number of azide groups is 1. The first-order valence-corrected chi connectivity index (χ1v) is 4.57. The molecule has 0 aliphatic heterocycles. The van der Waals surface area contributed by atoms with Crippen LogP contribution in [0.4, 0.5) is 5.69 Å².